The van der Waals surface area contributed by atoms with E-state index in [9.17, 15) is 14.4 Å². The Hall–Kier alpha value is -2.81. The molecule has 222 valence electrons. The first-order valence-corrected chi connectivity index (χ1v) is 14.4. The molecule has 0 aliphatic carbocycles. The van der Waals surface area contributed by atoms with Gasteiger partial charge >= 0.3 is 12.1 Å². The first-order valence-electron chi connectivity index (χ1n) is 14.4. The Morgan fingerprint density at radius 1 is 1.10 bits per heavy atom. The Morgan fingerprint density at radius 3 is 2.42 bits per heavy atom. The number of ether oxygens (including phenoxy) is 4. The second-order valence-corrected chi connectivity index (χ2v) is 14.0. The number of alkyl carbamates (subject to hydrolysis) is 1. The molecule has 4 rings (SSSR count). The van der Waals surface area contributed by atoms with E-state index < -0.39 is 34.9 Å². The van der Waals surface area contributed by atoms with Crippen LogP contribution in [0.4, 0.5) is 4.79 Å². The minimum atomic E-state index is -1.09. The van der Waals surface area contributed by atoms with Gasteiger partial charge in [0, 0.05) is 30.5 Å². The van der Waals surface area contributed by atoms with E-state index in [1.807, 2.05) is 0 Å². The minimum Gasteiger partial charge on any atom is -0.487 e. The summed E-state index contributed by atoms with van der Waals surface area (Å²) in [5.41, 5.74) is 0.349. The summed E-state index contributed by atoms with van der Waals surface area (Å²) in [7, 11) is 0. The molecule has 40 heavy (non-hydrogen) atoms. The van der Waals surface area contributed by atoms with Crippen LogP contribution in [0.15, 0.2) is 18.2 Å². The largest absolute Gasteiger partial charge is 0.487 e. The summed E-state index contributed by atoms with van der Waals surface area (Å²) >= 11 is 0. The highest BCUT2D eigenvalue weighted by Gasteiger charge is 2.52. The molecule has 0 unspecified atom stereocenters. The van der Waals surface area contributed by atoms with Crippen LogP contribution < -0.4 is 10.1 Å². The number of nitrogens with zero attached hydrogens (tertiary/aromatic N) is 1. The smallest absolute Gasteiger partial charge is 0.408 e. The summed E-state index contributed by atoms with van der Waals surface area (Å²) in [6.07, 6.45) is 0.443. The van der Waals surface area contributed by atoms with Gasteiger partial charge in [-0.3, -0.25) is 9.59 Å². The van der Waals surface area contributed by atoms with Crippen molar-refractivity contribution >= 4 is 18.0 Å². The third-order valence-electron chi connectivity index (χ3n) is 7.74. The average molecular weight is 559 g/mol. The van der Waals surface area contributed by atoms with E-state index in [-0.39, 0.29) is 36.4 Å². The SMILES string of the molecule is Cc1ccc2c(c1)OC(C)(C)[C@H]1C[C@@H]3CN(C(=O)[C@H](CC(=O)OC(C)(C)C)NC(=O)OC(C)(C)C)CC[C@@H]3O[C@H]21. The molecule has 3 aliphatic rings. The fourth-order valence-electron chi connectivity index (χ4n) is 6.03. The second-order valence-electron chi connectivity index (χ2n) is 14.0. The van der Waals surface area contributed by atoms with Crippen molar-refractivity contribution in [2.45, 2.75) is 117 Å². The molecule has 2 amide bonds. The molecular formula is C31H46N2O7. The monoisotopic (exact) mass is 558 g/mol. The molecule has 9 nitrogen and oxygen atoms in total. The van der Waals surface area contributed by atoms with Crippen molar-refractivity contribution < 1.29 is 33.3 Å². The van der Waals surface area contributed by atoms with Crippen LogP contribution in [0.2, 0.25) is 0 Å². The van der Waals surface area contributed by atoms with E-state index in [2.05, 4.69) is 44.3 Å². The summed E-state index contributed by atoms with van der Waals surface area (Å²) in [5, 5.41) is 2.63. The molecule has 0 radical (unpaired) electrons. The van der Waals surface area contributed by atoms with Crippen LogP contribution in [-0.4, -0.2) is 64.9 Å². The lowest BCUT2D eigenvalue weighted by molar-refractivity contribution is -0.189. The van der Waals surface area contributed by atoms with Gasteiger partial charge in [-0.1, -0.05) is 12.1 Å². The van der Waals surface area contributed by atoms with Crippen molar-refractivity contribution in [3.63, 3.8) is 0 Å². The Bertz CT molecular complexity index is 1100. The molecule has 2 fully saturated rings. The van der Waals surface area contributed by atoms with Gasteiger partial charge in [-0.25, -0.2) is 4.79 Å². The normalized spacial score (nSPS) is 26.3. The Morgan fingerprint density at radius 2 is 1.77 bits per heavy atom. The molecule has 2 saturated heterocycles. The molecule has 1 N–H and O–H groups in total. The topological polar surface area (TPSA) is 103 Å². The van der Waals surface area contributed by atoms with Gasteiger partial charge in [0.05, 0.1) is 18.6 Å². The highest BCUT2D eigenvalue weighted by atomic mass is 16.6. The molecule has 0 aromatic heterocycles. The van der Waals surface area contributed by atoms with Crippen LogP contribution in [0.25, 0.3) is 0 Å². The molecule has 3 aliphatic heterocycles. The van der Waals surface area contributed by atoms with Gasteiger partial charge in [0.15, 0.2) is 0 Å². The number of benzene rings is 1. The highest BCUT2D eigenvalue weighted by molar-refractivity contribution is 5.89. The average Bonchev–Trinajstić information content (AvgIpc) is 2.79. The maximum absolute atomic E-state index is 13.8. The van der Waals surface area contributed by atoms with Crippen LogP contribution in [-0.2, 0) is 23.8 Å². The van der Waals surface area contributed by atoms with Crippen molar-refractivity contribution in [3.8, 4) is 5.75 Å². The maximum Gasteiger partial charge on any atom is 0.408 e. The third-order valence-corrected chi connectivity index (χ3v) is 7.74. The third kappa shape index (κ3) is 7.09. The number of amides is 2. The number of esters is 1. The maximum atomic E-state index is 13.8. The molecule has 0 spiro atoms. The van der Waals surface area contributed by atoms with E-state index in [1.165, 1.54) is 0 Å². The predicted molar refractivity (Wildman–Crippen MR) is 150 cm³/mol. The summed E-state index contributed by atoms with van der Waals surface area (Å²) in [4.78, 5) is 40.8. The van der Waals surface area contributed by atoms with Crippen LogP contribution in [0.1, 0.15) is 91.9 Å². The first kappa shape index (κ1) is 30.2. The lowest BCUT2D eigenvalue weighted by Gasteiger charge is -2.53. The first-order chi connectivity index (χ1) is 18.4. The number of nitrogens with one attached hydrogen (secondary N) is 1. The Labute approximate surface area is 238 Å². The van der Waals surface area contributed by atoms with Crippen molar-refractivity contribution in [1.82, 2.24) is 10.2 Å². The zero-order valence-corrected chi connectivity index (χ0v) is 25.5. The van der Waals surface area contributed by atoms with Gasteiger partial charge in [0.25, 0.3) is 0 Å². The predicted octanol–water partition coefficient (Wildman–Crippen LogP) is 5.09. The second kappa shape index (κ2) is 10.9. The molecule has 9 heteroatoms. The Kier molecular flexibility index (Phi) is 8.20. The number of carbonyl (C=O) groups is 3. The van der Waals surface area contributed by atoms with Crippen molar-refractivity contribution in [2.75, 3.05) is 13.1 Å². The molecule has 1 aromatic rings. The lowest BCUT2D eigenvalue weighted by atomic mass is 9.70. The number of carbonyl (C=O) groups excluding carboxylic acids is 3. The van der Waals surface area contributed by atoms with Crippen LogP contribution >= 0.6 is 0 Å². The van der Waals surface area contributed by atoms with Gasteiger partial charge in [0.2, 0.25) is 5.91 Å². The minimum absolute atomic E-state index is 0.0106. The number of aryl methyl sites for hydroxylation is 1. The number of hydrogen-bond acceptors (Lipinski definition) is 7. The standard InChI is InChI=1S/C31H46N2O7/c1-18-10-11-20-24(14-18)38-31(8,9)21-15-19-17-33(13-12-23(19)37-26(20)21)27(35)22(16-25(34)39-29(2,3)4)32-28(36)40-30(5,6)7/h10-11,14,19,21-23,26H,12-13,15-17H2,1-9H3,(H,32,36)/t19-,21+,22+,23+,26-/m1/s1. The molecule has 3 heterocycles. The highest BCUT2D eigenvalue weighted by Crippen LogP contribution is 2.53. The summed E-state index contributed by atoms with van der Waals surface area (Å²) in [6, 6.07) is 5.19. The van der Waals surface area contributed by atoms with Crippen LogP contribution in [0, 0.1) is 18.8 Å². The number of piperidine rings is 1. The van der Waals surface area contributed by atoms with E-state index in [1.54, 1.807) is 46.4 Å². The van der Waals surface area contributed by atoms with E-state index in [4.69, 9.17) is 18.9 Å². The molecule has 1 aromatic carbocycles. The number of rotatable bonds is 4. The fraction of sp³-hybridized carbons (Fsp3) is 0.710. The van der Waals surface area contributed by atoms with Crippen LogP contribution in [0.3, 0.4) is 0 Å². The zero-order valence-electron chi connectivity index (χ0n) is 25.5. The quantitative estimate of drug-likeness (QED) is 0.514. The van der Waals surface area contributed by atoms with Gasteiger partial charge < -0.3 is 29.2 Å². The number of likely N-dealkylation sites (tertiary alicyclic amines) is 1. The summed E-state index contributed by atoms with van der Waals surface area (Å²) in [5.74, 6) is 0.234. The van der Waals surface area contributed by atoms with Gasteiger partial charge in [-0.05, 0) is 86.8 Å². The van der Waals surface area contributed by atoms with Crippen LogP contribution in [0.5, 0.6) is 5.75 Å². The summed E-state index contributed by atoms with van der Waals surface area (Å²) in [6.45, 7) is 17.7. The molecule has 0 bridgehead atoms. The van der Waals surface area contributed by atoms with E-state index >= 15 is 0 Å². The van der Waals surface area contributed by atoms with Gasteiger partial charge in [0.1, 0.15) is 28.6 Å². The fourth-order valence-corrected chi connectivity index (χ4v) is 6.03. The van der Waals surface area contributed by atoms with Crippen molar-refractivity contribution in [2.24, 2.45) is 11.8 Å². The van der Waals surface area contributed by atoms with Crippen molar-refractivity contribution in [1.29, 1.82) is 0 Å². The van der Waals surface area contributed by atoms with E-state index in [0.717, 1.165) is 23.3 Å². The zero-order chi connectivity index (χ0) is 29.6. The van der Waals surface area contributed by atoms with E-state index in [0.29, 0.717) is 19.5 Å². The summed E-state index contributed by atoms with van der Waals surface area (Å²) < 4.78 is 24.0. The molecular weight excluding hydrogens is 512 g/mol. The lowest BCUT2D eigenvalue weighted by Crippen LogP contribution is -2.58. The van der Waals surface area contributed by atoms with Gasteiger partial charge in [-0.2, -0.15) is 0 Å². The molecule has 5 atom stereocenters. The number of fused-ring (bicyclic) bond motifs is 4. The Balaban J connectivity index is 1.49. The molecule has 0 saturated carbocycles. The van der Waals surface area contributed by atoms with Gasteiger partial charge in [-0.15, -0.1) is 0 Å². The number of hydrogen-bond donors (Lipinski definition) is 1. The van der Waals surface area contributed by atoms with Crippen molar-refractivity contribution in [3.05, 3.63) is 29.3 Å².